The summed E-state index contributed by atoms with van der Waals surface area (Å²) in [5.74, 6) is 0.725. The Kier molecular flexibility index (Phi) is 12.6. The number of aliphatic imine (C=N–C) groups is 1. The third-order valence-electron chi connectivity index (χ3n) is 3.04. The van der Waals surface area contributed by atoms with Crippen molar-refractivity contribution >= 4 is 35.8 Å². The monoisotopic (exact) mass is 418 g/mol. The Morgan fingerprint density at radius 1 is 1.00 bits per heavy atom. The molecule has 1 aromatic carbocycles. The average molecular weight is 418 g/mol. The summed E-state index contributed by atoms with van der Waals surface area (Å²) in [4.78, 5) is 16.0. The van der Waals surface area contributed by atoms with Gasteiger partial charge < -0.3 is 16.0 Å². The van der Waals surface area contributed by atoms with Crippen molar-refractivity contribution in [2.24, 2.45) is 4.99 Å². The third-order valence-corrected chi connectivity index (χ3v) is 3.04. The summed E-state index contributed by atoms with van der Waals surface area (Å²) in [6.07, 6.45) is 3.57. The largest absolute Gasteiger partial charge is 0.356 e. The number of hydrogen-bond donors (Lipinski definition) is 3. The highest BCUT2D eigenvalue weighted by molar-refractivity contribution is 14.0. The van der Waals surface area contributed by atoms with Gasteiger partial charge in [0.2, 0.25) is 0 Å². The van der Waals surface area contributed by atoms with E-state index in [-0.39, 0.29) is 29.9 Å². The van der Waals surface area contributed by atoms with E-state index in [9.17, 15) is 4.79 Å². The van der Waals surface area contributed by atoms with E-state index in [4.69, 9.17) is 0 Å². The minimum atomic E-state index is -0.0525. The molecule has 0 radical (unpaired) electrons. The number of amides is 1. The molecule has 0 aliphatic carbocycles. The van der Waals surface area contributed by atoms with Crippen molar-refractivity contribution in [2.45, 2.75) is 26.2 Å². The van der Waals surface area contributed by atoms with Gasteiger partial charge in [0.15, 0.2) is 5.96 Å². The smallest absolute Gasteiger partial charge is 0.251 e. The molecule has 0 atom stereocenters. The van der Waals surface area contributed by atoms with E-state index in [1.807, 2.05) is 18.2 Å². The first-order valence-electron chi connectivity index (χ1n) is 7.55. The van der Waals surface area contributed by atoms with Crippen molar-refractivity contribution in [3.05, 3.63) is 35.9 Å². The zero-order chi connectivity index (χ0) is 15.3. The van der Waals surface area contributed by atoms with Crippen molar-refractivity contribution < 1.29 is 4.79 Å². The summed E-state index contributed by atoms with van der Waals surface area (Å²) in [6, 6.07) is 9.21. The number of rotatable bonds is 8. The van der Waals surface area contributed by atoms with Crippen LogP contribution in [-0.2, 0) is 0 Å². The predicted octanol–water partition coefficient (Wildman–Crippen LogP) is 2.39. The molecule has 1 rings (SSSR count). The second-order valence-corrected chi connectivity index (χ2v) is 4.75. The molecule has 124 valence electrons. The highest BCUT2D eigenvalue weighted by Gasteiger charge is 2.03. The molecular weight excluding hydrogens is 391 g/mol. The summed E-state index contributed by atoms with van der Waals surface area (Å²) in [6.45, 7) is 4.31. The van der Waals surface area contributed by atoms with Crippen LogP contribution in [0, 0.1) is 0 Å². The molecule has 0 aliphatic rings. The number of benzene rings is 1. The third kappa shape index (κ3) is 8.86. The van der Waals surface area contributed by atoms with Crippen LogP contribution in [0.4, 0.5) is 0 Å². The SMILES string of the molecule is CCCCCNC(=NC)NCCNC(=O)c1ccccc1.I. The van der Waals surface area contributed by atoms with Gasteiger partial charge in [0.05, 0.1) is 0 Å². The van der Waals surface area contributed by atoms with Crippen LogP contribution in [0.25, 0.3) is 0 Å². The second kappa shape index (κ2) is 13.4. The lowest BCUT2D eigenvalue weighted by Crippen LogP contribution is -2.41. The molecule has 22 heavy (non-hydrogen) atoms. The maximum atomic E-state index is 11.8. The Hall–Kier alpha value is -1.31. The lowest BCUT2D eigenvalue weighted by molar-refractivity contribution is 0.0954. The number of guanidine groups is 1. The van der Waals surface area contributed by atoms with Crippen LogP contribution >= 0.6 is 24.0 Å². The molecule has 0 fully saturated rings. The normalized spacial score (nSPS) is 10.5. The molecular formula is C16H27IN4O. The van der Waals surface area contributed by atoms with Gasteiger partial charge >= 0.3 is 0 Å². The highest BCUT2D eigenvalue weighted by atomic mass is 127. The van der Waals surface area contributed by atoms with E-state index >= 15 is 0 Å². The van der Waals surface area contributed by atoms with E-state index in [0.29, 0.717) is 18.7 Å². The number of carbonyl (C=O) groups is 1. The van der Waals surface area contributed by atoms with E-state index in [1.165, 1.54) is 12.8 Å². The first kappa shape index (κ1) is 20.7. The molecule has 1 aromatic rings. The van der Waals surface area contributed by atoms with E-state index in [2.05, 4.69) is 27.9 Å². The molecule has 0 spiro atoms. The summed E-state index contributed by atoms with van der Waals surface area (Å²) in [5.41, 5.74) is 0.680. The summed E-state index contributed by atoms with van der Waals surface area (Å²) < 4.78 is 0. The average Bonchev–Trinajstić information content (AvgIpc) is 2.54. The fourth-order valence-corrected chi connectivity index (χ4v) is 1.85. The van der Waals surface area contributed by atoms with Crippen molar-refractivity contribution in [3.63, 3.8) is 0 Å². The lowest BCUT2D eigenvalue weighted by Gasteiger charge is -2.12. The fourth-order valence-electron chi connectivity index (χ4n) is 1.85. The van der Waals surface area contributed by atoms with Crippen LogP contribution in [0.1, 0.15) is 36.5 Å². The summed E-state index contributed by atoms with van der Waals surface area (Å²) in [7, 11) is 1.75. The first-order valence-corrected chi connectivity index (χ1v) is 7.55. The molecule has 0 saturated heterocycles. The summed E-state index contributed by atoms with van der Waals surface area (Å²) in [5, 5.41) is 9.30. The number of unbranched alkanes of at least 4 members (excludes halogenated alkanes) is 2. The Labute approximate surface area is 150 Å². The maximum Gasteiger partial charge on any atom is 0.251 e. The van der Waals surface area contributed by atoms with Crippen molar-refractivity contribution in [2.75, 3.05) is 26.7 Å². The van der Waals surface area contributed by atoms with Crippen LogP contribution < -0.4 is 16.0 Å². The topological polar surface area (TPSA) is 65.5 Å². The Morgan fingerprint density at radius 3 is 2.27 bits per heavy atom. The molecule has 0 aliphatic heterocycles. The predicted molar refractivity (Wildman–Crippen MR) is 103 cm³/mol. The maximum absolute atomic E-state index is 11.8. The molecule has 3 N–H and O–H groups in total. The van der Waals surface area contributed by atoms with Crippen LogP contribution in [0.2, 0.25) is 0 Å². The zero-order valence-electron chi connectivity index (χ0n) is 13.4. The van der Waals surface area contributed by atoms with Gasteiger partial charge in [-0.3, -0.25) is 9.79 Å². The van der Waals surface area contributed by atoms with Crippen LogP contribution in [0.5, 0.6) is 0 Å². The number of hydrogen-bond acceptors (Lipinski definition) is 2. The van der Waals surface area contributed by atoms with Crippen LogP contribution in [0.15, 0.2) is 35.3 Å². The van der Waals surface area contributed by atoms with E-state index < -0.39 is 0 Å². The van der Waals surface area contributed by atoms with Gasteiger partial charge in [-0.15, -0.1) is 24.0 Å². The van der Waals surface area contributed by atoms with Gasteiger partial charge in [-0.05, 0) is 18.6 Å². The lowest BCUT2D eigenvalue weighted by atomic mass is 10.2. The Bertz CT molecular complexity index is 437. The number of carbonyl (C=O) groups excluding carboxylic acids is 1. The van der Waals surface area contributed by atoms with Crippen LogP contribution in [-0.4, -0.2) is 38.5 Å². The van der Waals surface area contributed by atoms with Crippen LogP contribution in [0.3, 0.4) is 0 Å². The molecule has 0 aromatic heterocycles. The fraction of sp³-hybridized carbons (Fsp3) is 0.500. The minimum absolute atomic E-state index is 0. The molecule has 5 nitrogen and oxygen atoms in total. The minimum Gasteiger partial charge on any atom is -0.356 e. The van der Waals surface area contributed by atoms with Crippen molar-refractivity contribution in [3.8, 4) is 0 Å². The quantitative estimate of drug-likeness (QED) is 0.263. The van der Waals surface area contributed by atoms with Gasteiger partial charge in [-0.2, -0.15) is 0 Å². The Morgan fingerprint density at radius 2 is 1.64 bits per heavy atom. The van der Waals surface area contributed by atoms with E-state index in [0.717, 1.165) is 18.9 Å². The molecule has 6 heteroatoms. The zero-order valence-corrected chi connectivity index (χ0v) is 15.7. The van der Waals surface area contributed by atoms with E-state index in [1.54, 1.807) is 19.2 Å². The first-order chi connectivity index (χ1) is 10.3. The second-order valence-electron chi connectivity index (χ2n) is 4.75. The Balaban J connectivity index is 0.00000441. The van der Waals surface area contributed by atoms with Gasteiger partial charge in [0, 0.05) is 32.2 Å². The molecule has 0 heterocycles. The van der Waals surface area contributed by atoms with Crippen molar-refractivity contribution in [1.29, 1.82) is 0 Å². The summed E-state index contributed by atoms with van der Waals surface area (Å²) >= 11 is 0. The van der Waals surface area contributed by atoms with Gasteiger partial charge in [0.25, 0.3) is 5.91 Å². The molecule has 1 amide bonds. The number of nitrogens with zero attached hydrogens (tertiary/aromatic N) is 1. The molecule has 0 unspecified atom stereocenters. The highest BCUT2D eigenvalue weighted by Crippen LogP contribution is 1.97. The number of nitrogens with one attached hydrogen (secondary N) is 3. The van der Waals surface area contributed by atoms with Gasteiger partial charge in [-0.25, -0.2) is 0 Å². The molecule has 0 saturated carbocycles. The van der Waals surface area contributed by atoms with Gasteiger partial charge in [-0.1, -0.05) is 38.0 Å². The molecule has 0 bridgehead atoms. The van der Waals surface area contributed by atoms with Crippen molar-refractivity contribution in [1.82, 2.24) is 16.0 Å². The van der Waals surface area contributed by atoms with Gasteiger partial charge in [0.1, 0.15) is 0 Å². The standard InChI is InChI=1S/C16H26N4O.HI/c1-3-4-8-11-19-16(17-2)20-13-12-18-15(21)14-9-6-5-7-10-14;/h5-7,9-10H,3-4,8,11-13H2,1-2H3,(H,18,21)(H2,17,19,20);1H. The number of halogens is 1.